The topological polar surface area (TPSA) is 12.5 Å². The minimum absolute atomic E-state index is 0.367. The molecule has 2 nitrogen and oxygen atoms in total. The molecular formula is C15H22ClNO. The quantitative estimate of drug-likeness (QED) is 0.769. The van der Waals surface area contributed by atoms with Crippen LogP contribution < -0.4 is 0 Å². The van der Waals surface area contributed by atoms with Crippen LogP contribution in [0, 0.1) is 11.8 Å². The van der Waals surface area contributed by atoms with Gasteiger partial charge < -0.3 is 9.64 Å². The van der Waals surface area contributed by atoms with Gasteiger partial charge in [-0.15, -0.1) is 0 Å². The highest BCUT2D eigenvalue weighted by Crippen LogP contribution is 2.39. The molecule has 0 aliphatic carbocycles. The van der Waals surface area contributed by atoms with Gasteiger partial charge in [-0.2, -0.15) is 0 Å². The second-order valence-electron chi connectivity index (χ2n) is 5.64. The highest BCUT2D eigenvalue weighted by molar-refractivity contribution is 6.32. The summed E-state index contributed by atoms with van der Waals surface area (Å²) >= 11 is 6.46. The molecule has 0 aromatic heterocycles. The van der Waals surface area contributed by atoms with Gasteiger partial charge in [-0.3, -0.25) is 0 Å². The van der Waals surface area contributed by atoms with Crippen molar-refractivity contribution in [1.29, 1.82) is 0 Å². The third-order valence-corrected chi connectivity index (χ3v) is 4.01. The van der Waals surface area contributed by atoms with E-state index in [1.807, 2.05) is 0 Å². The van der Waals surface area contributed by atoms with Crippen molar-refractivity contribution in [3.8, 4) is 0 Å². The molecule has 0 unspecified atom stereocenters. The molecule has 0 spiro atoms. The van der Waals surface area contributed by atoms with Crippen LogP contribution in [-0.4, -0.2) is 24.2 Å². The number of allylic oxidation sites excluding steroid dienone is 3. The van der Waals surface area contributed by atoms with Crippen LogP contribution in [0.1, 0.15) is 27.7 Å². The summed E-state index contributed by atoms with van der Waals surface area (Å²) in [7, 11) is 0. The Bertz CT molecular complexity index is 416. The van der Waals surface area contributed by atoms with E-state index in [2.05, 4.69) is 45.2 Å². The molecule has 1 fully saturated rings. The molecule has 2 heterocycles. The second kappa shape index (κ2) is 5.10. The first-order valence-corrected chi connectivity index (χ1v) is 6.98. The van der Waals surface area contributed by atoms with Crippen LogP contribution in [0.2, 0.25) is 0 Å². The van der Waals surface area contributed by atoms with Gasteiger partial charge in [0.15, 0.2) is 0 Å². The van der Waals surface area contributed by atoms with Gasteiger partial charge in [0, 0.05) is 17.7 Å². The molecule has 0 bridgehead atoms. The lowest BCUT2D eigenvalue weighted by Gasteiger charge is -2.42. The lowest BCUT2D eigenvalue weighted by molar-refractivity contribution is -0.0251. The van der Waals surface area contributed by atoms with Crippen LogP contribution in [0.5, 0.6) is 0 Å². The summed E-state index contributed by atoms with van der Waals surface area (Å²) in [6, 6.07) is 0.367. The van der Waals surface area contributed by atoms with Gasteiger partial charge >= 0.3 is 0 Å². The Hall–Kier alpha value is -0.730. The Morgan fingerprint density at radius 3 is 2.33 bits per heavy atom. The Labute approximate surface area is 115 Å². The van der Waals surface area contributed by atoms with E-state index in [0.29, 0.717) is 17.9 Å². The van der Waals surface area contributed by atoms with Gasteiger partial charge in [-0.1, -0.05) is 32.0 Å². The zero-order valence-corrected chi connectivity index (χ0v) is 12.4. The molecule has 2 aliphatic rings. The van der Waals surface area contributed by atoms with Crippen molar-refractivity contribution >= 4 is 11.6 Å². The van der Waals surface area contributed by atoms with E-state index in [1.165, 1.54) is 11.3 Å². The standard InChI is InChI=1S/C15H22ClNO/c1-9(2)13-6-14(12-7-18-8-12)17(10(3)4)11(5)15(13)16/h6,9-10,12H,5,7-8H2,1-4H3. The largest absolute Gasteiger partial charge is 0.380 e. The van der Waals surface area contributed by atoms with Gasteiger partial charge in [-0.05, 0) is 31.4 Å². The molecular weight excluding hydrogens is 246 g/mol. The summed E-state index contributed by atoms with van der Waals surface area (Å²) in [6.07, 6.45) is 2.24. The van der Waals surface area contributed by atoms with Gasteiger partial charge in [0.25, 0.3) is 0 Å². The van der Waals surface area contributed by atoms with E-state index in [4.69, 9.17) is 16.3 Å². The minimum atomic E-state index is 0.367. The summed E-state index contributed by atoms with van der Waals surface area (Å²) in [4.78, 5) is 2.25. The van der Waals surface area contributed by atoms with Crippen LogP contribution in [-0.2, 0) is 4.74 Å². The van der Waals surface area contributed by atoms with Crippen molar-refractivity contribution < 1.29 is 4.74 Å². The third-order valence-electron chi connectivity index (χ3n) is 3.57. The number of hydrogen-bond acceptors (Lipinski definition) is 2. The summed E-state index contributed by atoms with van der Waals surface area (Å²) < 4.78 is 5.33. The summed E-state index contributed by atoms with van der Waals surface area (Å²) in [5.41, 5.74) is 3.44. The zero-order chi connectivity index (χ0) is 13.4. The molecule has 2 rings (SSSR count). The van der Waals surface area contributed by atoms with E-state index in [-0.39, 0.29) is 0 Å². The first-order chi connectivity index (χ1) is 8.43. The van der Waals surface area contributed by atoms with Crippen LogP contribution in [0.25, 0.3) is 0 Å². The van der Waals surface area contributed by atoms with E-state index >= 15 is 0 Å². The molecule has 2 aliphatic heterocycles. The predicted molar refractivity (Wildman–Crippen MR) is 76.2 cm³/mol. The van der Waals surface area contributed by atoms with Crippen molar-refractivity contribution in [2.45, 2.75) is 33.7 Å². The number of halogens is 1. The van der Waals surface area contributed by atoms with Crippen LogP contribution in [0.3, 0.4) is 0 Å². The van der Waals surface area contributed by atoms with E-state index < -0.39 is 0 Å². The Morgan fingerprint density at radius 1 is 1.33 bits per heavy atom. The van der Waals surface area contributed by atoms with Gasteiger partial charge in [-0.25, -0.2) is 0 Å². The smallest absolute Gasteiger partial charge is 0.0672 e. The maximum Gasteiger partial charge on any atom is 0.0672 e. The highest BCUT2D eigenvalue weighted by atomic mass is 35.5. The lowest BCUT2D eigenvalue weighted by Crippen LogP contribution is -2.41. The summed E-state index contributed by atoms with van der Waals surface area (Å²) in [5, 5.41) is 0.808. The molecule has 0 radical (unpaired) electrons. The molecule has 3 heteroatoms. The van der Waals surface area contributed by atoms with Crippen molar-refractivity contribution in [3.05, 3.63) is 34.7 Å². The molecule has 0 atom stereocenters. The Balaban J connectivity index is 2.42. The maximum absolute atomic E-state index is 6.46. The van der Waals surface area contributed by atoms with Crippen molar-refractivity contribution in [1.82, 2.24) is 4.90 Å². The van der Waals surface area contributed by atoms with Gasteiger partial charge in [0.05, 0.1) is 23.9 Å². The molecule has 0 aromatic carbocycles. The monoisotopic (exact) mass is 267 g/mol. The minimum Gasteiger partial charge on any atom is -0.380 e. The molecule has 0 aromatic rings. The SMILES string of the molecule is C=C1C(Cl)=C(C(C)C)C=C(C2COC2)N1C(C)C. The third kappa shape index (κ3) is 2.24. The fourth-order valence-corrected chi connectivity index (χ4v) is 2.84. The molecule has 0 N–H and O–H groups in total. The zero-order valence-electron chi connectivity index (χ0n) is 11.7. The van der Waals surface area contributed by atoms with Crippen LogP contribution in [0.15, 0.2) is 34.7 Å². The van der Waals surface area contributed by atoms with E-state index in [9.17, 15) is 0 Å². The summed E-state index contributed by atoms with van der Waals surface area (Å²) in [6.45, 7) is 14.5. The van der Waals surface area contributed by atoms with Gasteiger partial charge in [0.1, 0.15) is 0 Å². The Kier molecular flexibility index (Phi) is 3.88. The fourth-order valence-electron chi connectivity index (χ4n) is 2.47. The first kappa shape index (κ1) is 13.7. The van der Waals surface area contributed by atoms with Crippen LogP contribution in [0.4, 0.5) is 0 Å². The molecule has 100 valence electrons. The fraction of sp³-hybridized carbons (Fsp3) is 0.600. The predicted octanol–water partition coefficient (Wildman–Crippen LogP) is 3.90. The molecule has 0 saturated carbocycles. The molecule has 0 amide bonds. The average molecular weight is 268 g/mol. The number of nitrogens with zero attached hydrogens (tertiary/aromatic N) is 1. The maximum atomic E-state index is 6.46. The normalized spacial score (nSPS) is 21.8. The molecule has 18 heavy (non-hydrogen) atoms. The van der Waals surface area contributed by atoms with E-state index in [0.717, 1.165) is 23.9 Å². The van der Waals surface area contributed by atoms with Gasteiger partial charge in [0.2, 0.25) is 0 Å². The van der Waals surface area contributed by atoms with Crippen molar-refractivity contribution in [2.24, 2.45) is 11.8 Å². The number of ether oxygens (including phenoxy) is 1. The van der Waals surface area contributed by atoms with E-state index in [1.54, 1.807) is 0 Å². The average Bonchev–Trinajstić information content (AvgIpc) is 2.19. The number of rotatable bonds is 3. The number of hydrogen-bond donors (Lipinski definition) is 0. The van der Waals surface area contributed by atoms with Crippen LogP contribution >= 0.6 is 11.6 Å². The molecule has 1 saturated heterocycles. The van der Waals surface area contributed by atoms with Crippen molar-refractivity contribution in [2.75, 3.05) is 13.2 Å². The highest BCUT2D eigenvalue weighted by Gasteiger charge is 2.33. The summed E-state index contributed by atoms with van der Waals surface area (Å²) in [5.74, 6) is 0.905. The Morgan fingerprint density at radius 2 is 1.94 bits per heavy atom. The van der Waals surface area contributed by atoms with Crippen molar-refractivity contribution in [3.63, 3.8) is 0 Å². The lowest BCUT2D eigenvalue weighted by atomic mass is 9.91. The second-order valence-corrected chi connectivity index (χ2v) is 6.02. The first-order valence-electron chi connectivity index (χ1n) is 6.61.